The van der Waals surface area contributed by atoms with Crippen LogP contribution in [0.25, 0.3) is 0 Å². The first-order chi connectivity index (χ1) is 7.09. The van der Waals surface area contributed by atoms with Gasteiger partial charge in [0.05, 0.1) is 6.54 Å². The molecular formula is C11H15NO3. The summed E-state index contributed by atoms with van der Waals surface area (Å²) in [7, 11) is 0. The van der Waals surface area contributed by atoms with E-state index in [1.165, 1.54) is 19.1 Å². The Bertz CT molecular complexity index is 350. The van der Waals surface area contributed by atoms with Gasteiger partial charge in [0.1, 0.15) is 5.78 Å². The van der Waals surface area contributed by atoms with Gasteiger partial charge in [-0.2, -0.15) is 0 Å². The van der Waals surface area contributed by atoms with E-state index in [0.29, 0.717) is 19.5 Å². The van der Waals surface area contributed by atoms with Gasteiger partial charge in [-0.1, -0.05) is 6.07 Å². The Morgan fingerprint density at radius 1 is 1.33 bits per heavy atom. The second-order valence-electron chi connectivity index (χ2n) is 3.45. The lowest BCUT2D eigenvalue weighted by molar-refractivity contribution is -0.116. The van der Waals surface area contributed by atoms with E-state index in [1.807, 2.05) is 0 Å². The van der Waals surface area contributed by atoms with E-state index < -0.39 is 0 Å². The molecule has 4 nitrogen and oxygen atoms in total. The van der Waals surface area contributed by atoms with Gasteiger partial charge in [-0.05, 0) is 37.6 Å². The monoisotopic (exact) mass is 209 g/mol. The molecule has 0 amide bonds. The maximum absolute atomic E-state index is 10.6. The number of aromatic hydroxyl groups is 2. The van der Waals surface area contributed by atoms with Gasteiger partial charge in [0.25, 0.3) is 0 Å². The molecule has 0 atom stereocenters. The summed E-state index contributed by atoms with van der Waals surface area (Å²) >= 11 is 0. The summed E-state index contributed by atoms with van der Waals surface area (Å²) < 4.78 is 0. The molecule has 0 bridgehead atoms. The van der Waals surface area contributed by atoms with Crippen molar-refractivity contribution in [1.82, 2.24) is 5.32 Å². The molecule has 1 aromatic carbocycles. The molecule has 3 N–H and O–H groups in total. The Labute approximate surface area is 88.6 Å². The van der Waals surface area contributed by atoms with Crippen LogP contribution in [0.3, 0.4) is 0 Å². The number of hydrogen-bond acceptors (Lipinski definition) is 4. The summed E-state index contributed by atoms with van der Waals surface area (Å²) in [5.41, 5.74) is 0.918. The van der Waals surface area contributed by atoms with Crippen molar-refractivity contribution < 1.29 is 15.0 Å². The highest BCUT2D eigenvalue weighted by atomic mass is 16.3. The quantitative estimate of drug-likeness (QED) is 0.496. The third-order valence-electron chi connectivity index (χ3n) is 2.00. The fraction of sp³-hybridized carbons (Fsp3) is 0.364. The molecule has 0 aromatic heterocycles. The molecular weight excluding hydrogens is 194 g/mol. The summed E-state index contributed by atoms with van der Waals surface area (Å²) in [6.07, 6.45) is 0.709. The van der Waals surface area contributed by atoms with Gasteiger partial charge in [-0.15, -0.1) is 0 Å². The Morgan fingerprint density at radius 2 is 2.07 bits per heavy atom. The van der Waals surface area contributed by atoms with Crippen LogP contribution in [-0.2, 0) is 11.2 Å². The minimum Gasteiger partial charge on any atom is -0.504 e. The van der Waals surface area contributed by atoms with E-state index in [2.05, 4.69) is 5.32 Å². The first-order valence-corrected chi connectivity index (χ1v) is 4.80. The molecule has 0 spiro atoms. The maximum atomic E-state index is 10.6. The molecule has 0 saturated carbocycles. The van der Waals surface area contributed by atoms with Crippen molar-refractivity contribution in [3.63, 3.8) is 0 Å². The zero-order chi connectivity index (χ0) is 11.3. The molecule has 1 rings (SSSR count). The van der Waals surface area contributed by atoms with Crippen LogP contribution in [0.4, 0.5) is 0 Å². The van der Waals surface area contributed by atoms with Crippen LogP contribution in [0.2, 0.25) is 0 Å². The van der Waals surface area contributed by atoms with Crippen LogP contribution < -0.4 is 5.32 Å². The number of nitrogens with one attached hydrogen (secondary N) is 1. The number of phenols is 2. The third kappa shape index (κ3) is 3.99. The van der Waals surface area contributed by atoms with E-state index in [0.717, 1.165) is 5.56 Å². The highest BCUT2D eigenvalue weighted by Crippen LogP contribution is 2.24. The molecule has 0 radical (unpaired) electrons. The molecule has 0 heterocycles. The highest BCUT2D eigenvalue weighted by molar-refractivity contribution is 5.77. The second kappa shape index (κ2) is 5.36. The molecule has 4 heteroatoms. The number of benzene rings is 1. The van der Waals surface area contributed by atoms with Gasteiger partial charge in [0, 0.05) is 0 Å². The van der Waals surface area contributed by atoms with Crippen molar-refractivity contribution >= 4 is 5.78 Å². The van der Waals surface area contributed by atoms with E-state index >= 15 is 0 Å². The van der Waals surface area contributed by atoms with Crippen molar-refractivity contribution in [2.75, 3.05) is 13.1 Å². The predicted octanol–water partition coefficient (Wildman–Crippen LogP) is 0.819. The van der Waals surface area contributed by atoms with Crippen LogP contribution in [0.5, 0.6) is 11.5 Å². The van der Waals surface area contributed by atoms with Crippen molar-refractivity contribution in [3.05, 3.63) is 23.8 Å². The molecule has 0 unspecified atom stereocenters. The molecule has 0 saturated heterocycles. The molecule has 0 fully saturated rings. The van der Waals surface area contributed by atoms with Crippen LogP contribution in [0.1, 0.15) is 12.5 Å². The summed E-state index contributed by atoms with van der Waals surface area (Å²) in [6, 6.07) is 4.71. The fourth-order valence-corrected chi connectivity index (χ4v) is 1.22. The summed E-state index contributed by atoms with van der Waals surface area (Å²) in [4.78, 5) is 10.6. The third-order valence-corrected chi connectivity index (χ3v) is 2.00. The normalized spacial score (nSPS) is 10.2. The first kappa shape index (κ1) is 11.5. The molecule has 0 aliphatic heterocycles. The van der Waals surface area contributed by atoms with Crippen molar-refractivity contribution in [2.45, 2.75) is 13.3 Å². The molecule has 82 valence electrons. The van der Waals surface area contributed by atoms with Crippen molar-refractivity contribution in [1.29, 1.82) is 0 Å². The zero-order valence-electron chi connectivity index (χ0n) is 8.66. The smallest absolute Gasteiger partial charge is 0.157 e. The van der Waals surface area contributed by atoms with Crippen LogP contribution in [0, 0.1) is 0 Å². The van der Waals surface area contributed by atoms with Gasteiger partial charge in [0.15, 0.2) is 11.5 Å². The van der Waals surface area contributed by atoms with E-state index in [1.54, 1.807) is 6.07 Å². The summed E-state index contributed by atoms with van der Waals surface area (Å²) in [6.45, 7) is 2.56. The lowest BCUT2D eigenvalue weighted by Gasteiger charge is -2.04. The fourth-order valence-electron chi connectivity index (χ4n) is 1.22. The largest absolute Gasteiger partial charge is 0.504 e. The number of carbonyl (C=O) groups is 1. The van der Waals surface area contributed by atoms with Crippen LogP contribution >= 0.6 is 0 Å². The van der Waals surface area contributed by atoms with E-state index in [-0.39, 0.29) is 17.3 Å². The van der Waals surface area contributed by atoms with Gasteiger partial charge in [-0.25, -0.2) is 0 Å². The van der Waals surface area contributed by atoms with Crippen LogP contribution in [-0.4, -0.2) is 29.1 Å². The number of rotatable bonds is 5. The average molecular weight is 209 g/mol. The van der Waals surface area contributed by atoms with Gasteiger partial charge >= 0.3 is 0 Å². The second-order valence-corrected chi connectivity index (χ2v) is 3.45. The van der Waals surface area contributed by atoms with Crippen molar-refractivity contribution in [3.8, 4) is 11.5 Å². The number of Topliss-reactive ketones (excluding diaryl/α,β-unsaturated/α-hetero) is 1. The lowest BCUT2D eigenvalue weighted by Crippen LogP contribution is -2.23. The average Bonchev–Trinajstić information content (AvgIpc) is 2.18. The topological polar surface area (TPSA) is 69.6 Å². The molecule has 0 aliphatic carbocycles. The Hall–Kier alpha value is -1.55. The predicted molar refractivity (Wildman–Crippen MR) is 57.0 cm³/mol. The Balaban J connectivity index is 2.38. The van der Waals surface area contributed by atoms with E-state index in [9.17, 15) is 9.90 Å². The number of ketones is 1. The minimum absolute atomic E-state index is 0.101. The van der Waals surface area contributed by atoms with Crippen molar-refractivity contribution in [2.24, 2.45) is 0 Å². The molecule has 1 aromatic rings. The van der Waals surface area contributed by atoms with Crippen LogP contribution in [0.15, 0.2) is 18.2 Å². The number of carbonyl (C=O) groups excluding carboxylic acids is 1. The number of hydrogen-bond donors (Lipinski definition) is 3. The minimum atomic E-state index is -0.115. The Morgan fingerprint density at radius 3 is 2.67 bits per heavy atom. The Kier molecular flexibility index (Phi) is 4.12. The molecule has 15 heavy (non-hydrogen) atoms. The van der Waals surface area contributed by atoms with Gasteiger partial charge < -0.3 is 15.5 Å². The van der Waals surface area contributed by atoms with Gasteiger partial charge in [0.2, 0.25) is 0 Å². The maximum Gasteiger partial charge on any atom is 0.157 e. The van der Waals surface area contributed by atoms with E-state index in [4.69, 9.17) is 5.11 Å². The summed E-state index contributed by atoms with van der Waals surface area (Å²) in [5, 5.41) is 21.3. The summed E-state index contributed by atoms with van der Waals surface area (Å²) in [5.74, 6) is -0.127. The molecule has 0 aliphatic rings. The zero-order valence-corrected chi connectivity index (χ0v) is 8.66. The standard InChI is InChI=1S/C11H15NO3/c1-8(13)7-12-5-4-9-2-3-10(14)11(15)6-9/h2-3,6,12,14-15H,4-5,7H2,1H3. The lowest BCUT2D eigenvalue weighted by atomic mass is 10.1. The highest BCUT2D eigenvalue weighted by Gasteiger charge is 2.00. The SMILES string of the molecule is CC(=O)CNCCc1ccc(O)c(O)c1. The first-order valence-electron chi connectivity index (χ1n) is 4.80. The van der Waals surface area contributed by atoms with Gasteiger partial charge in [-0.3, -0.25) is 4.79 Å². The number of phenolic OH excluding ortho intramolecular Hbond substituents is 2.